The molecule has 1 aliphatic rings. The normalized spacial score (nSPS) is 27.2. The highest BCUT2D eigenvalue weighted by atomic mass is 16.6. The number of rotatable bonds is 2. The van der Waals surface area contributed by atoms with Gasteiger partial charge in [0.2, 0.25) is 0 Å². The fourth-order valence-corrected chi connectivity index (χ4v) is 1.37. The van der Waals surface area contributed by atoms with Gasteiger partial charge in [-0.2, -0.15) is 0 Å². The lowest BCUT2D eigenvalue weighted by Crippen LogP contribution is -2.01. The van der Waals surface area contributed by atoms with Crippen molar-refractivity contribution >= 4 is 0 Å². The van der Waals surface area contributed by atoms with Gasteiger partial charge < -0.3 is 4.74 Å². The Balaban J connectivity index is 2.25. The van der Waals surface area contributed by atoms with Gasteiger partial charge in [-0.3, -0.25) is 0 Å². The average Bonchev–Trinajstić information content (AvgIpc) is 2.85. The van der Waals surface area contributed by atoms with E-state index in [1.54, 1.807) is 0 Å². The van der Waals surface area contributed by atoms with Crippen LogP contribution in [0.1, 0.15) is 25.0 Å². The van der Waals surface area contributed by atoms with Crippen molar-refractivity contribution in [3.63, 3.8) is 0 Å². The van der Waals surface area contributed by atoms with Crippen molar-refractivity contribution in [3.8, 4) is 0 Å². The summed E-state index contributed by atoms with van der Waals surface area (Å²) in [5, 5.41) is 0. The zero-order valence-corrected chi connectivity index (χ0v) is 7.63. The predicted molar refractivity (Wildman–Crippen MR) is 49.1 cm³/mol. The Bertz CT molecular complexity index is 270. The largest absolute Gasteiger partial charge is 0.365 e. The van der Waals surface area contributed by atoms with Crippen LogP contribution in [0.25, 0.3) is 0 Å². The van der Waals surface area contributed by atoms with Crippen molar-refractivity contribution in [2.75, 3.05) is 6.61 Å². The zero-order valence-electron chi connectivity index (χ0n) is 7.63. The first-order chi connectivity index (χ1) is 5.74. The van der Waals surface area contributed by atoms with E-state index in [2.05, 4.69) is 38.1 Å². The minimum Gasteiger partial charge on any atom is -0.365 e. The smallest absolute Gasteiger partial charge is 0.114 e. The van der Waals surface area contributed by atoms with Crippen LogP contribution in [0.3, 0.4) is 0 Å². The molecule has 1 nitrogen and oxygen atoms in total. The Morgan fingerprint density at radius 1 is 1.33 bits per heavy atom. The summed E-state index contributed by atoms with van der Waals surface area (Å²) in [7, 11) is 0. The van der Waals surface area contributed by atoms with Crippen molar-refractivity contribution < 1.29 is 4.74 Å². The van der Waals surface area contributed by atoms with Gasteiger partial charge in [-0.1, -0.05) is 31.2 Å². The van der Waals surface area contributed by atoms with Crippen molar-refractivity contribution in [2.45, 2.75) is 25.9 Å². The second kappa shape index (κ2) is 2.60. The molecule has 0 aromatic heterocycles. The third kappa shape index (κ3) is 1.25. The van der Waals surface area contributed by atoms with E-state index in [-0.39, 0.29) is 5.60 Å². The second-order valence-corrected chi connectivity index (χ2v) is 3.57. The molecule has 1 aromatic rings. The summed E-state index contributed by atoms with van der Waals surface area (Å²) < 4.78 is 5.36. The Hall–Kier alpha value is -0.820. The quantitative estimate of drug-likeness (QED) is 0.609. The third-order valence-corrected chi connectivity index (χ3v) is 2.55. The van der Waals surface area contributed by atoms with E-state index in [1.165, 1.54) is 11.1 Å². The summed E-state index contributed by atoms with van der Waals surface area (Å²) in [6, 6.07) is 8.71. The molecular weight excluding hydrogens is 148 g/mol. The highest BCUT2D eigenvalue weighted by molar-refractivity contribution is 5.29. The van der Waals surface area contributed by atoms with Crippen LogP contribution in [-0.2, 0) is 16.8 Å². The lowest BCUT2D eigenvalue weighted by Gasteiger charge is -2.05. The molecule has 1 fully saturated rings. The molecule has 2 rings (SSSR count). The predicted octanol–water partition coefficient (Wildman–Crippen LogP) is 2.49. The first-order valence-electron chi connectivity index (χ1n) is 4.48. The van der Waals surface area contributed by atoms with E-state index in [1.807, 2.05) is 0 Å². The molecule has 1 heterocycles. The van der Waals surface area contributed by atoms with E-state index in [0.29, 0.717) is 0 Å². The molecule has 64 valence electrons. The molecule has 12 heavy (non-hydrogen) atoms. The number of benzene rings is 1. The molecule has 0 radical (unpaired) electrons. The molecule has 1 aromatic carbocycles. The van der Waals surface area contributed by atoms with Gasteiger partial charge in [0.1, 0.15) is 5.60 Å². The van der Waals surface area contributed by atoms with Crippen molar-refractivity contribution in [1.82, 2.24) is 0 Å². The molecule has 1 saturated heterocycles. The minimum atomic E-state index is 0.0340. The van der Waals surface area contributed by atoms with Gasteiger partial charge in [-0.15, -0.1) is 0 Å². The molecular formula is C11H14O. The fourth-order valence-electron chi connectivity index (χ4n) is 1.37. The number of aryl methyl sites for hydroxylation is 1. The SMILES string of the molecule is CCc1ccc(C2(C)CO2)cc1. The molecule has 0 saturated carbocycles. The van der Waals surface area contributed by atoms with Crippen LogP contribution in [0, 0.1) is 0 Å². The summed E-state index contributed by atoms with van der Waals surface area (Å²) in [5.74, 6) is 0. The van der Waals surface area contributed by atoms with Gasteiger partial charge in [0.15, 0.2) is 0 Å². The highest BCUT2D eigenvalue weighted by Gasteiger charge is 2.40. The standard InChI is InChI=1S/C11H14O/c1-3-9-4-6-10(7-5-9)11(2)8-12-11/h4-7H,3,8H2,1-2H3. The Morgan fingerprint density at radius 2 is 1.92 bits per heavy atom. The Morgan fingerprint density at radius 3 is 2.33 bits per heavy atom. The van der Waals surface area contributed by atoms with E-state index in [9.17, 15) is 0 Å². The van der Waals surface area contributed by atoms with Gasteiger partial charge >= 0.3 is 0 Å². The van der Waals surface area contributed by atoms with Gasteiger partial charge in [-0.25, -0.2) is 0 Å². The summed E-state index contributed by atoms with van der Waals surface area (Å²) >= 11 is 0. The van der Waals surface area contributed by atoms with E-state index in [4.69, 9.17) is 4.74 Å². The molecule has 0 bridgehead atoms. The number of hydrogen-bond acceptors (Lipinski definition) is 1. The van der Waals surface area contributed by atoms with Crippen LogP contribution >= 0.6 is 0 Å². The van der Waals surface area contributed by atoms with Crippen molar-refractivity contribution in [2.24, 2.45) is 0 Å². The van der Waals surface area contributed by atoms with Crippen LogP contribution in [0.4, 0.5) is 0 Å². The zero-order chi connectivity index (χ0) is 8.60. The molecule has 1 atom stereocenters. The monoisotopic (exact) mass is 162 g/mol. The number of hydrogen-bond donors (Lipinski definition) is 0. The van der Waals surface area contributed by atoms with Gasteiger partial charge in [0.05, 0.1) is 6.61 Å². The molecule has 1 heteroatoms. The third-order valence-electron chi connectivity index (χ3n) is 2.55. The summed E-state index contributed by atoms with van der Waals surface area (Å²) in [5.41, 5.74) is 2.73. The lowest BCUT2D eigenvalue weighted by molar-refractivity contribution is 0.329. The molecule has 1 unspecified atom stereocenters. The Labute approximate surface area is 73.4 Å². The van der Waals surface area contributed by atoms with Gasteiger partial charge in [-0.05, 0) is 24.5 Å². The molecule has 1 aliphatic heterocycles. The number of ether oxygens (including phenoxy) is 1. The first-order valence-corrected chi connectivity index (χ1v) is 4.48. The maximum Gasteiger partial charge on any atom is 0.114 e. The van der Waals surface area contributed by atoms with E-state index >= 15 is 0 Å². The van der Waals surface area contributed by atoms with Crippen LogP contribution in [0.5, 0.6) is 0 Å². The maximum atomic E-state index is 5.36. The van der Waals surface area contributed by atoms with Crippen molar-refractivity contribution in [1.29, 1.82) is 0 Å². The van der Waals surface area contributed by atoms with E-state index < -0.39 is 0 Å². The topological polar surface area (TPSA) is 12.5 Å². The maximum absolute atomic E-state index is 5.36. The van der Waals surface area contributed by atoms with Crippen LogP contribution in [-0.4, -0.2) is 6.61 Å². The molecule has 0 N–H and O–H groups in total. The Kier molecular flexibility index (Phi) is 1.69. The summed E-state index contributed by atoms with van der Waals surface area (Å²) in [6.07, 6.45) is 1.11. The van der Waals surface area contributed by atoms with E-state index in [0.717, 1.165) is 13.0 Å². The minimum absolute atomic E-state index is 0.0340. The van der Waals surface area contributed by atoms with Crippen LogP contribution < -0.4 is 0 Å². The molecule has 0 amide bonds. The van der Waals surface area contributed by atoms with Crippen LogP contribution in [0.2, 0.25) is 0 Å². The lowest BCUT2D eigenvalue weighted by atomic mass is 10.0. The van der Waals surface area contributed by atoms with Gasteiger partial charge in [0, 0.05) is 0 Å². The molecule has 0 spiro atoms. The summed E-state index contributed by atoms with van der Waals surface area (Å²) in [4.78, 5) is 0. The summed E-state index contributed by atoms with van der Waals surface area (Å²) in [6.45, 7) is 5.18. The highest BCUT2D eigenvalue weighted by Crippen LogP contribution is 2.37. The van der Waals surface area contributed by atoms with Crippen molar-refractivity contribution in [3.05, 3.63) is 35.4 Å². The first kappa shape index (κ1) is 7.81. The average molecular weight is 162 g/mol. The number of epoxide rings is 1. The second-order valence-electron chi connectivity index (χ2n) is 3.57. The van der Waals surface area contributed by atoms with Gasteiger partial charge in [0.25, 0.3) is 0 Å². The fraction of sp³-hybridized carbons (Fsp3) is 0.455. The van der Waals surface area contributed by atoms with Crippen LogP contribution in [0.15, 0.2) is 24.3 Å². The molecule has 0 aliphatic carbocycles.